The average molecular weight is 362 g/mol. The number of hydrogen-bond acceptors (Lipinski definition) is 2. The van der Waals surface area contributed by atoms with Crippen LogP contribution < -0.4 is 4.74 Å². The van der Waals surface area contributed by atoms with Gasteiger partial charge in [-0.1, -0.05) is 42.5 Å². The fourth-order valence-electron chi connectivity index (χ4n) is 3.25. The third-order valence-electron chi connectivity index (χ3n) is 4.81. The van der Waals surface area contributed by atoms with Gasteiger partial charge in [-0.2, -0.15) is 0 Å². The molecule has 0 saturated carbocycles. The normalized spacial score (nSPS) is 11.8. The van der Waals surface area contributed by atoms with Gasteiger partial charge >= 0.3 is 0 Å². The van der Waals surface area contributed by atoms with Gasteiger partial charge in [0.25, 0.3) is 0 Å². The van der Waals surface area contributed by atoms with Crippen molar-refractivity contribution in [2.75, 3.05) is 13.7 Å². The zero-order valence-corrected chi connectivity index (χ0v) is 15.9. The van der Waals surface area contributed by atoms with Crippen molar-refractivity contribution in [3.63, 3.8) is 0 Å². The zero-order chi connectivity index (χ0) is 19.1. The summed E-state index contributed by atoms with van der Waals surface area (Å²) < 4.78 is 7.35. The van der Waals surface area contributed by atoms with Gasteiger partial charge in [0.1, 0.15) is 5.75 Å². The van der Waals surface area contributed by atoms with Crippen molar-refractivity contribution >= 4 is 5.91 Å². The molecular formula is C23H26N2O2. The van der Waals surface area contributed by atoms with Crippen LogP contribution in [0, 0.1) is 0 Å². The van der Waals surface area contributed by atoms with Crippen LogP contribution in [0.2, 0.25) is 0 Å². The van der Waals surface area contributed by atoms with E-state index in [-0.39, 0.29) is 11.9 Å². The molecule has 1 heterocycles. The highest BCUT2D eigenvalue weighted by Gasteiger charge is 2.21. The van der Waals surface area contributed by atoms with Crippen LogP contribution in [0.4, 0.5) is 0 Å². The maximum atomic E-state index is 13.1. The molecule has 140 valence electrons. The summed E-state index contributed by atoms with van der Waals surface area (Å²) in [5.74, 6) is 0.964. The smallest absolute Gasteiger partial charge is 0.225 e. The Balaban J connectivity index is 1.79. The fourth-order valence-corrected chi connectivity index (χ4v) is 3.25. The van der Waals surface area contributed by atoms with Crippen molar-refractivity contribution < 1.29 is 9.53 Å². The molecule has 3 aromatic rings. The highest BCUT2D eigenvalue weighted by Crippen LogP contribution is 2.25. The number of amides is 1. The highest BCUT2D eigenvalue weighted by molar-refractivity contribution is 5.77. The van der Waals surface area contributed by atoms with Gasteiger partial charge in [0.2, 0.25) is 5.91 Å². The summed E-state index contributed by atoms with van der Waals surface area (Å²) in [5, 5.41) is 0. The Morgan fingerprint density at radius 1 is 1.00 bits per heavy atom. The van der Waals surface area contributed by atoms with E-state index < -0.39 is 0 Å². The van der Waals surface area contributed by atoms with Crippen LogP contribution in [0.3, 0.4) is 0 Å². The van der Waals surface area contributed by atoms with Crippen LogP contribution in [0.1, 0.15) is 30.5 Å². The number of methoxy groups -OCH3 is 1. The molecular weight excluding hydrogens is 336 g/mol. The molecule has 0 spiro atoms. The lowest BCUT2D eigenvalue weighted by Gasteiger charge is -2.25. The summed E-state index contributed by atoms with van der Waals surface area (Å²) >= 11 is 0. The van der Waals surface area contributed by atoms with E-state index in [0.29, 0.717) is 19.5 Å². The Hall–Kier alpha value is -3.01. The number of ether oxygens (including phenoxy) is 1. The number of nitrogens with zero attached hydrogens (tertiary/aromatic N) is 2. The molecule has 2 aromatic carbocycles. The van der Waals surface area contributed by atoms with E-state index in [0.717, 1.165) is 16.9 Å². The van der Waals surface area contributed by atoms with Crippen LogP contribution in [-0.4, -0.2) is 29.0 Å². The van der Waals surface area contributed by atoms with Crippen molar-refractivity contribution in [3.8, 4) is 5.75 Å². The van der Waals surface area contributed by atoms with E-state index in [2.05, 4.69) is 16.7 Å². The Labute approximate surface area is 161 Å². The van der Waals surface area contributed by atoms with Gasteiger partial charge in [-0.15, -0.1) is 0 Å². The van der Waals surface area contributed by atoms with Crippen molar-refractivity contribution in [2.24, 2.45) is 0 Å². The van der Waals surface area contributed by atoms with Crippen LogP contribution in [0.25, 0.3) is 0 Å². The molecule has 0 aliphatic rings. The largest absolute Gasteiger partial charge is 0.497 e. The summed E-state index contributed by atoms with van der Waals surface area (Å²) in [7, 11) is 1.66. The highest BCUT2D eigenvalue weighted by atomic mass is 16.5. The lowest BCUT2D eigenvalue weighted by atomic mass is 10.0. The summed E-state index contributed by atoms with van der Waals surface area (Å²) in [5.41, 5.74) is 2.24. The molecule has 0 aliphatic heterocycles. The van der Waals surface area contributed by atoms with Crippen molar-refractivity contribution in [1.29, 1.82) is 0 Å². The molecule has 0 N–H and O–H groups in total. The van der Waals surface area contributed by atoms with Gasteiger partial charge in [-0.3, -0.25) is 4.79 Å². The number of carbonyl (C=O) groups is 1. The molecule has 0 aliphatic carbocycles. The van der Waals surface area contributed by atoms with Crippen molar-refractivity contribution in [1.82, 2.24) is 9.47 Å². The standard InChI is InChI=1S/C23H26N2O2/c1-3-24(18-19-9-5-4-6-10-19)23(26)17-22(25-15-7-8-16-25)20-11-13-21(27-2)14-12-20/h4-16,22H,3,17-18H2,1-2H3/t22-/m0/s1. The minimum Gasteiger partial charge on any atom is -0.497 e. The topological polar surface area (TPSA) is 34.5 Å². The predicted octanol–water partition coefficient (Wildman–Crippen LogP) is 4.52. The minimum atomic E-state index is -0.0387. The van der Waals surface area contributed by atoms with Gasteiger partial charge in [-0.25, -0.2) is 0 Å². The molecule has 4 heteroatoms. The van der Waals surface area contributed by atoms with E-state index in [1.807, 2.05) is 78.8 Å². The van der Waals surface area contributed by atoms with Crippen molar-refractivity contribution in [3.05, 3.63) is 90.3 Å². The maximum Gasteiger partial charge on any atom is 0.225 e. The quantitative estimate of drug-likeness (QED) is 0.590. The van der Waals surface area contributed by atoms with Crippen LogP contribution in [0.5, 0.6) is 5.75 Å². The second-order valence-corrected chi connectivity index (χ2v) is 6.52. The Morgan fingerprint density at radius 3 is 2.26 bits per heavy atom. The lowest BCUT2D eigenvalue weighted by molar-refractivity contribution is -0.132. The Bertz CT molecular complexity index is 827. The first kappa shape index (κ1) is 18.8. The Morgan fingerprint density at radius 2 is 1.67 bits per heavy atom. The first-order chi connectivity index (χ1) is 13.2. The number of rotatable bonds is 8. The lowest BCUT2D eigenvalue weighted by Crippen LogP contribution is -2.32. The monoisotopic (exact) mass is 362 g/mol. The van der Waals surface area contributed by atoms with Gasteiger partial charge in [0.15, 0.2) is 0 Å². The summed E-state index contributed by atoms with van der Waals surface area (Å²) in [6.45, 7) is 3.35. The number of benzene rings is 2. The van der Waals surface area contributed by atoms with Gasteiger partial charge in [0, 0.05) is 25.5 Å². The molecule has 1 aromatic heterocycles. The molecule has 0 unspecified atom stereocenters. The molecule has 0 radical (unpaired) electrons. The van der Waals surface area contributed by atoms with Gasteiger partial charge in [-0.05, 0) is 42.3 Å². The third-order valence-corrected chi connectivity index (χ3v) is 4.81. The Kier molecular flexibility index (Phi) is 6.31. The second-order valence-electron chi connectivity index (χ2n) is 6.52. The second kappa shape index (κ2) is 9.08. The molecule has 0 fully saturated rings. The van der Waals surface area contributed by atoms with E-state index >= 15 is 0 Å². The molecule has 0 bridgehead atoms. The molecule has 4 nitrogen and oxygen atoms in total. The van der Waals surface area contributed by atoms with Crippen LogP contribution >= 0.6 is 0 Å². The van der Waals surface area contributed by atoms with Crippen LogP contribution in [-0.2, 0) is 11.3 Å². The predicted molar refractivity (Wildman–Crippen MR) is 108 cm³/mol. The first-order valence-corrected chi connectivity index (χ1v) is 9.29. The van der Waals surface area contributed by atoms with E-state index in [1.54, 1.807) is 7.11 Å². The van der Waals surface area contributed by atoms with Gasteiger partial charge in [0.05, 0.1) is 19.6 Å². The SMILES string of the molecule is CCN(Cc1ccccc1)C(=O)C[C@@H](c1ccc(OC)cc1)n1cccc1. The van der Waals surface area contributed by atoms with Gasteiger partial charge < -0.3 is 14.2 Å². The summed E-state index contributed by atoms with van der Waals surface area (Å²) in [4.78, 5) is 15.0. The molecule has 1 atom stereocenters. The summed E-state index contributed by atoms with van der Waals surface area (Å²) in [6, 6.07) is 22.0. The van der Waals surface area contributed by atoms with E-state index in [9.17, 15) is 4.79 Å². The zero-order valence-electron chi connectivity index (χ0n) is 15.9. The fraction of sp³-hybridized carbons (Fsp3) is 0.261. The summed E-state index contributed by atoms with van der Waals surface area (Å²) in [6.07, 6.45) is 4.44. The first-order valence-electron chi connectivity index (χ1n) is 9.29. The third kappa shape index (κ3) is 4.79. The van der Waals surface area contributed by atoms with E-state index in [1.165, 1.54) is 0 Å². The van der Waals surface area contributed by atoms with Crippen molar-refractivity contribution in [2.45, 2.75) is 25.9 Å². The number of carbonyl (C=O) groups excluding carboxylic acids is 1. The van der Waals surface area contributed by atoms with E-state index in [4.69, 9.17) is 4.74 Å². The number of aromatic nitrogens is 1. The molecule has 27 heavy (non-hydrogen) atoms. The number of hydrogen-bond donors (Lipinski definition) is 0. The molecule has 1 amide bonds. The van der Waals surface area contributed by atoms with Crippen LogP contribution in [0.15, 0.2) is 79.1 Å². The molecule has 0 saturated heterocycles. The minimum absolute atomic E-state index is 0.0387. The molecule has 3 rings (SSSR count). The average Bonchev–Trinajstić information content (AvgIpc) is 3.25. The maximum absolute atomic E-state index is 13.1.